The molecule has 1 amide bonds. The number of likely N-dealkylation sites (N-methyl/N-ethyl adjacent to an activating group) is 1. The third kappa shape index (κ3) is 3.16. The summed E-state index contributed by atoms with van der Waals surface area (Å²) in [7, 11) is 1.15. The maximum absolute atomic E-state index is 11.0. The van der Waals surface area contributed by atoms with E-state index in [-0.39, 0.29) is 12.0 Å². The lowest BCUT2D eigenvalue weighted by atomic mass is 10.2. The fourth-order valence-electron chi connectivity index (χ4n) is 0.672. The van der Waals surface area contributed by atoms with Crippen LogP contribution in [0.2, 0.25) is 0 Å². The van der Waals surface area contributed by atoms with Crippen LogP contribution in [-0.4, -0.2) is 34.3 Å². The predicted octanol–water partition coefficient (Wildman–Crippen LogP) is 0.255. The first-order valence-corrected chi connectivity index (χ1v) is 3.39. The molecule has 0 aliphatic rings. The molecule has 0 atom stereocenters. The molecule has 5 nitrogen and oxygen atoms in total. The molecule has 0 unspecified atom stereocenters. The van der Waals surface area contributed by atoms with Crippen molar-refractivity contribution in [3.05, 3.63) is 11.6 Å². The monoisotopic (exact) mass is 173 g/mol. The first-order valence-electron chi connectivity index (χ1n) is 3.39. The van der Waals surface area contributed by atoms with Crippen LogP contribution in [0.5, 0.6) is 0 Å². The van der Waals surface area contributed by atoms with E-state index in [4.69, 9.17) is 10.3 Å². The van der Waals surface area contributed by atoms with Crippen molar-refractivity contribution in [1.29, 1.82) is 0 Å². The van der Waals surface area contributed by atoms with E-state index in [1.165, 1.54) is 0 Å². The quantitative estimate of drug-likeness (QED) is 0.364. The standard InChI is InChI=1S/C7H11NO4/c1-3-5(4-6(9)10)7(11)8(2)12/h4,12H,3H2,1-2H3,(H,9,10). The van der Waals surface area contributed by atoms with E-state index in [9.17, 15) is 9.59 Å². The number of carboxylic acid groups (broad SMARTS) is 1. The number of carboxylic acids is 1. The normalized spacial score (nSPS) is 11.1. The van der Waals surface area contributed by atoms with Gasteiger partial charge in [-0.15, -0.1) is 0 Å². The summed E-state index contributed by atoms with van der Waals surface area (Å²) in [6.45, 7) is 1.64. The number of carbonyl (C=O) groups is 2. The van der Waals surface area contributed by atoms with Crippen LogP contribution in [-0.2, 0) is 9.59 Å². The van der Waals surface area contributed by atoms with E-state index in [0.717, 1.165) is 13.1 Å². The first-order chi connectivity index (χ1) is 5.49. The molecule has 0 bridgehead atoms. The lowest BCUT2D eigenvalue weighted by molar-refractivity contribution is -0.154. The van der Waals surface area contributed by atoms with Crippen LogP contribution in [0.4, 0.5) is 0 Å². The number of aliphatic carboxylic acids is 1. The Morgan fingerprint density at radius 1 is 1.50 bits per heavy atom. The summed E-state index contributed by atoms with van der Waals surface area (Å²) in [6, 6.07) is 0. The topological polar surface area (TPSA) is 77.8 Å². The van der Waals surface area contributed by atoms with Crippen LogP contribution in [0.25, 0.3) is 0 Å². The molecule has 0 aliphatic carbocycles. The molecule has 0 radical (unpaired) electrons. The Kier molecular flexibility index (Phi) is 3.99. The number of amides is 1. The zero-order valence-electron chi connectivity index (χ0n) is 6.94. The Balaban J connectivity index is 4.56. The summed E-state index contributed by atoms with van der Waals surface area (Å²) < 4.78 is 0. The smallest absolute Gasteiger partial charge is 0.328 e. The summed E-state index contributed by atoms with van der Waals surface area (Å²) in [4.78, 5) is 21.1. The van der Waals surface area contributed by atoms with E-state index < -0.39 is 11.9 Å². The lowest BCUT2D eigenvalue weighted by Gasteiger charge is -2.08. The highest BCUT2D eigenvalue weighted by atomic mass is 16.5. The molecule has 0 aromatic heterocycles. The second-order valence-corrected chi connectivity index (χ2v) is 2.19. The van der Waals surface area contributed by atoms with Gasteiger partial charge in [0.25, 0.3) is 5.91 Å². The molecule has 0 saturated carbocycles. The molecule has 0 fully saturated rings. The molecule has 0 rings (SSSR count). The van der Waals surface area contributed by atoms with Gasteiger partial charge in [0.05, 0.1) is 0 Å². The number of hydroxylamine groups is 2. The zero-order valence-corrected chi connectivity index (χ0v) is 6.94. The summed E-state index contributed by atoms with van der Waals surface area (Å²) in [6.07, 6.45) is 1.06. The molecule has 68 valence electrons. The van der Waals surface area contributed by atoms with Gasteiger partial charge in [-0.2, -0.15) is 0 Å². The van der Waals surface area contributed by atoms with Crippen molar-refractivity contribution in [1.82, 2.24) is 5.06 Å². The van der Waals surface area contributed by atoms with Gasteiger partial charge in [-0.05, 0) is 6.42 Å². The molecule has 5 heteroatoms. The third-order valence-electron chi connectivity index (χ3n) is 1.25. The van der Waals surface area contributed by atoms with Gasteiger partial charge in [-0.3, -0.25) is 10.0 Å². The minimum absolute atomic E-state index is 0.0625. The Morgan fingerprint density at radius 2 is 2.00 bits per heavy atom. The van der Waals surface area contributed by atoms with Gasteiger partial charge in [0.1, 0.15) is 0 Å². The highest BCUT2D eigenvalue weighted by Gasteiger charge is 2.11. The van der Waals surface area contributed by atoms with E-state index in [0.29, 0.717) is 5.06 Å². The maximum atomic E-state index is 11.0. The molecule has 12 heavy (non-hydrogen) atoms. The number of nitrogens with zero attached hydrogens (tertiary/aromatic N) is 1. The Labute approximate surface area is 69.9 Å². The van der Waals surface area contributed by atoms with Gasteiger partial charge < -0.3 is 5.11 Å². The molecule has 0 aliphatic heterocycles. The lowest BCUT2D eigenvalue weighted by Crippen LogP contribution is -2.24. The van der Waals surface area contributed by atoms with Crippen molar-refractivity contribution in [2.45, 2.75) is 13.3 Å². The summed E-state index contributed by atoms with van der Waals surface area (Å²) in [5.41, 5.74) is 0.0625. The van der Waals surface area contributed by atoms with Crippen molar-refractivity contribution >= 4 is 11.9 Å². The van der Waals surface area contributed by atoms with Crippen molar-refractivity contribution in [2.24, 2.45) is 0 Å². The van der Waals surface area contributed by atoms with Crippen LogP contribution in [0, 0.1) is 0 Å². The second-order valence-electron chi connectivity index (χ2n) is 2.19. The fraction of sp³-hybridized carbons (Fsp3) is 0.429. The molecule has 0 saturated heterocycles. The third-order valence-corrected chi connectivity index (χ3v) is 1.25. The largest absolute Gasteiger partial charge is 0.478 e. The zero-order chi connectivity index (χ0) is 9.72. The van der Waals surface area contributed by atoms with Crippen molar-refractivity contribution in [3.63, 3.8) is 0 Å². The van der Waals surface area contributed by atoms with Gasteiger partial charge in [0, 0.05) is 18.7 Å². The van der Waals surface area contributed by atoms with E-state index in [1.807, 2.05) is 0 Å². The van der Waals surface area contributed by atoms with Gasteiger partial charge in [-0.25, -0.2) is 9.86 Å². The summed E-state index contributed by atoms with van der Waals surface area (Å²) in [5, 5.41) is 17.4. The van der Waals surface area contributed by atoms with Gasteiger partial charge in [0.2, 0.25) is 0 Å². The average Bonchev–Trinajstić information content (AvgIpc) is 1.98. The van der Waals surface area contributed by atoms with E-state index in [1.54, 1.807) is 6.92 Å². The molecule has 0 heterocycles. The summed E-state index contributed by atoms with van der Waals surface area (Å²) >= 11 is 0. The minimum Gasteiger partial charge on any atom is -0.478 e. The first kappa shape index (κ1) is 10.6. The molecule has 0 aromatic rings. The van der Waals surface area contributed by atoms with Gasteiger partial charge in [-0.1, -0.05) is 6.92 Å². The molecule has 2 N–H and O–H groups in total. The molecular weight excluding hydrogens is 162 g/mol. The predicted molar refractivity (Wildman–Crippen MR) is 40.6 cm³/mol. The molecular formula is C7H11NO4. The van der Waals surface area contributed by atoms with Crippen molar-refractivity contribution in [3.8, 4) is 0 Å². The average molecular weight is 173 g/mol. The van der Waals surface area contributed by atoms with Crippen LogP contribution in [0.1, 0.15) is 13.3 Å². The Morgan fingerprint density at radius 3 is 2.25 bits per heavy atom. The molecule has 0 aromatic carbocycles. The van der Waals surface area contributed by atoms with Crippen LogP contribution in [0.3, 0.4) is 0 Å². The maximum Gasteiger partial charge on any atom is 0.328 e. The number of carbonyl (C=O) groups excluding carboxylic acids is 1. The van der Waals surface area contributed by atoms with E-state index >= 15 is 0 Å². The van der Waals surface area contributed by atoms with E-state index in [2.05, 4.69) is 0 Å². The fourth-order valence-corrected chi connectivity index (χ4v) is 0.672. The van der Waals surface area contributed by atoms with Crippen molar-refractivity contribution in [2.75, 3.05) is 7.05 Å². The van der Waals surface area contributed by atoms with Gasteiger partial charge >= 0.3 is 5.97 Å². The number of rotatable bonds is 3. The Bertz CT molecular complexity index is 219. The van der Waals surface area contributed by atoms with Crippen LogP contribution < -0.4 is 0 Å². The highest BCUT2D eigenvalue weighted by molar-refractivity contribution is 5.98. The minimum atomic E-state index is -1.19. The molecule has 0 spiro atoms. The Hall–Kier alpha value is -1.36. The SMILES string of the molecule is CCC(=CC(=O)O)C(=O)N(C)O. The summed E-state index contributed by atoms with van der Waals surface area (Å²) in [5.74, 6) is -1.89. The number of hydrogen-bond donors (Lipinski definition) is 2. The van der Waals surface area contributed by atoms with Crippen LogP contribution in [0.15, 0.2) is 11.6 Å². The van der Waals surface area contributed by atoms with Crippen molar-refractivity contribution < 1.29 is 19.9 Å². The number of hydrogen-bond acceptors (Lipinski definition) is 3. The highest BCUT2D eigenvalue weighted by Crippen LogP contribution is 2.03. The van der Waals surface area contributed by atoms with Gasteiger partial charge in [0.15, 0.2) is 0 Å². The second kappa shape index (κ2) is 4.50. The van der Waals surface area contributed by atoms with Crippen LogP contribution >= 0.6 is 0 Å².